The third-order valence-corrected chi connectivity index (χ3v) is 6.52. The summed E-state index contributed by atoms with van der Waals surface area (Å²) >= 11 is 0. The topological polar surface area (TPSA) is 106 Å². The van der Waals surface area contributed by atoms with E-state index >= 15 is 4.39 Å². The number of nitrogens with two attached hydrogens (primary N) is 1. The van der Waals surface area contributed by atoms with Crippen LogP contribution in [-0.4, -0.2) is 47.4 Å². The molecule has 182 valence electrons. The fourth-order valence-corrected chi connectivity index (χ4v) is 4.93. The summed E-state index contributed by atoms with van der Waals surface area (Å²) in [5.74, 6) is -0.898. The summed E-state index contributed by atoms with van der Waals surface area (Å²) in [6.07, 6.45) is 6.11. The van der Waals surface area contributed by atoms with Crippen LogP contribution >= 0.6 is 0 Å². The Labute approximate surface area is 201 Å². The Bertz CT molecular complexity index is 1680. The monoisotopic (exact) mass is 493 g/mol. The van der Waals surface area contributed by atoms with Crippen LogP contribution in [0, 0.1) is 29.8 Å². The maximum atomic E-state index is 16.1. The number of hydrogen-bond donors (Lipinski definition) is 2. The number of fused-ring (bicyclic) bond motifs is 3. The molecular weight excluding hydrogens is 475 g/mol. The van der Waals surface area contributed by atoms with Crippen molar-refractivity contribution < 1.29 is 22.6 Å². The Kier molecular flexibility index (Phi) is 5.01. The van der Waals surface area contributed by atoms with E-state index < -0.39 is 28.7 Å². The summed E-state index contributed by atoms with van der Waals surface area (Å²) < 4.78 is 56.5. The quantitative estimate of drug-likeness (QED) is 0.310. The van der Waals surface area contributed by atoms with Crippen LogP contribution in [0.25, 0.3) is 32.9 Å². The van der Waals surface area contributed by atoms with Crippen molar-refractivity contribution >= 4 is 33.2 Å². The highest BCUT2D eigenvalue weighted by Crippen LogP contribution is 2.42. The number of aromatic nitrogens is 3. The average Bonchev–Trinajstić information content (AvgIpc) is 3.16. The molecule has 36 heavy (non-hydrogen) atoms. The first-order valence-corrected chi connectivity index (χ1v) is 11.2. The minimum absolute atomic E-state index is 0.0301. The van der Waals surface area contributed by atoms with Crippen molar-refractivity contribution in [2.24, 2.45) is 0 Å². The lowest BCUT2D eigenvalue weighted by atomic mass is 9.95. The van der Waals surface area contributed by atoms with Crippen LogP contribution in [0.5, 0.6) is 5.88 Å². The second-order valence-electron chi connectivity index (χ2n) is 8.61. The van der Waals surface area contributed by atoms with Gasteiger partial charge in [0.15, 0.2) is 17.5 Å². The Morgan fingerprint density at radius 2 is 1.97 bits per heavy atom. The summed E-state index contributed by atoms with van der Waals surface area (Å²) in [5.41, 5.74) is 4.57. The van der Waals surface area contributed by atoms with Gasteiger partial charge in [0.2, 0.25) is 5.88 Å². The fourth-order valence-electron chi connectivity index (χ4n) is 4.93. The van der Waals surface area contributed by atoms with E-state index in [0.29, 0.717) is 26.2 Å². The fraction of sp³-hybridized carbons (Fsp3) is 0.240. The molecule has 2 aromatic carbocycles. The molecule has 4 heterocycles. The number of terminal acetylenes is 1. The minimum atomic E-state index is -1.25. The largest absolute Gasteiger partial charge is 0.475 e. The van der Waals surface area contributed by atoms with Crippen LogP contribution in [0.2, 0.25) is 0 Å². The Hall–Kier alpha value is -4.30. The van der Waals surface area contributed by atoms with Gasteiger partial charge in [-0.05, 0) is 30.0 Å². The SMILES string of the molecule is C#Cc1c(F)c(F)cc2cc(N)cc(-c3nc4c5c(nc(=O)[nH]c5c3F)N3CCOCC[C@H]3CO4)c12. The van der Waals surface area contributed by atoms with Crippen LogP contribution < -0.4 is 21.1 Å². The van der Waals surface area contributed by atoms with Gasteiger partial charge in [-0.15, -0.1) is 6.42 Å². The number of ether oxygens (including phenoxy) is 2. The number of nitrogens with zero attached hydrogens (tertiary/aromatic N) is 3. The zero-order chi connectivity index (χ0) is 25.1. The van der Waals surface area contributed by atoms with Crippen molar-refractivity contribution in [3.63, 3.8) is 0 Å². The molecule has 4 aromatic rings. The lowest BCUT2D eigenvalue weighted by Crippen LogP contribution is -2.40. The van der Waals surface area contributed by atoms with Crippen LogP contribution in [-0.2, 0) is 4.74 Å². The molecule has 0 amide bonds. The van der Waals surface area contributed by atoms with Gasteiger partial charge in [-0.1, -0.05) is 5.92 Å². The number of nitrogens with one attached hydrogen (secondary N) is 1. The van der Waals surface area contributed by atoms with E-state index in [-0.39, 0.29) is 63.0 Å². The number of hydrogen-bond acceptors (Lipinski definition) is 7. The highest BCUT2D eigenvalue weighted by Gasteiger charge is 2.33. The molecule has 0 unspecified atom stereocenters. The van der Waals surface area contributed by atoms with Crippen molar-refractivity contribution in [1.29, 1.82) is 0 Å². The van der Waals surface area contributed by atoms with Gasteiger partial charge >= 0.3 is 5.69 Å². The van der Waals surface area contributed by atoms with E-state index in [9.17, 15) is 13.6 Å². The number of pyridine rings is 1. The zero-order valence-corrected chi connectivity index (χ0v) is 18.7. The van der Waals surface area contributed by atoms with Crippen LogP contribution in [0.15, 0.2) is 23.0 Å². The predicted octanol–water partition coefficient (Wildman–Crippen LogP) is 3.11. The standard InChI is InChI=1S/C25H18F3N5O3/c1-2-14-17-11(8-16(26)19(14)27)7-12(29)9-15(17)21-20(28)22-18-23(32-25(34)31-22)33-4-6-35-5-3-13(33)10-36-24(18)30-21/h1,7-9,13H,3-6,10,29H2,(H,31,32,34)/t13-/m0/s1. The summed E-state index contributed by atoms with van der Waals surface area (Å²) in [6.45, 7) is 1.52. The predicted molar refractivity (Wildman–Crippen MR) is 127 cm³/mol. The molecule has 0 saturated carbocycles. The number of rotatable bonds is 1. The number of halogens is 3. The summed E-state index contributed by atoms with van der Waals surface area (Å²) in [4.78, 5) is 25.4. The molecule has 6 rings (SSSR count). The lowest BCUT2D eigenvalue weighted by Gasteiger charge is -2.27. The second-order valence-corrected chi connectivity index (χ2v) is 8.61. The molecule has 3 N–H and O–H groups in total. The molecule has 0 bridgehead atoms. The minimum Gasteiger partial charge on any atom is -0.475 e. The van der Waals surface area contributed by atoms with E-state index in [1.807, 2.05) is 4.90 Å². The molecule has 1 atom stereocenters. The van der Waals surface area contributed by atoms with E-state index in [4.69, 9.17) is 21.6 Å². The highest BCUT2D eigenvalue weighted by atomic mass is 19.2. The number of nitrogen functional groups attached to an aromatic ring is 1. The van der Waals surface area contributed by atoms with Gasteiger partial charge in [-0.25, -0.2) is 22.9 Å². The van der Waals surface area contributed by atoms with Gasteiger partial charge in [0.25, 0.3) is 0 Å². The maximum Gasteiger partial charge on any atom is 0.347 e. The van der Waals surface area contributed by atoms with E-state index in [0.717, 1.165) is 6.07 Å². The van der Waals surface area contributed by atoms with Crippen molar-refractivity contribution in [3.05, 3.63) is 51.7 Å². The van der Waals surface area contributed by atoms with Gasteiger partial charge in [-0.3, -0.25) is 0 Å². The van der Waals surface area contributed by atoms with Gasteiger partial charge in [0.05, 0.1) is 23.7 Å². The number of aromatic amines is 1. The third-order valence-electron chi connectivity index (χ3n) is 6.52. The van der Waals surface area contributed by atoms with Crippen LogP contribution in [0.1, 0.15) is 12.0 Å². The summed E-state index contributed by atoms with van der Waals surface area (Å²) in [7, 11) is 0. The van der Waals surface area contributed by atoms with E-state index in [2.05, 4.69) is 20.9 Å². The summed E-state index contributed by atoms with van der Waals surface area (Å²) in [5, 5.41) is 0.421. The van der Waals surface area contributed by atoms with Crippen molar-refractivity contribution in [1.82, 2.24) is 15.0 Å². The van der Waals surface area contributed by atoms with E-state index in [1.165, 1.54) is 12.1 Å². The first-order valence-electron chi connectivity index (χ1n) is 11.2. The van der Waals surface area contributed by atoms with Crippen molar-refractivity contribution in [3.8, 4) is 29.5 Å². The maximum absolute atomic E-state index is 16.1. The Morgan fingerprint density at radius 1 is 1.14 bits per heavy atom. The molecular formula is C25H18F3N5O3. The molecule has 1 saturated heterocycles. The van der Waals surface area contributed by atoms with Crippen LogP contribution in [0.4, 0.5) is 24.7 Å². The smallest absolute Gasteiger partial charge is 0.347 e. The average molecular weight is 493 g/mol. The lowest BCUT2D eigenvalue weighted by molar-refractivity contribution is 0.147. The summed E-state index contributed by atoms with van der Waals surface area (Å²) in [6, 6.07) is 3.53. The Morgan fingerprint density at radius 3 is 2.78 bits per heavy atom. The van der Waals surface area contributed by atoms with Crippen LogP contribution in [0.3, 0.4) is 0 Å². The molecule has 11 heteroatoms. The van der Waals surface area contributed by atoms with Gasteiger partial charge < -0.3 is 25.1 Å². The third kappa shape index (κ3) is 3.25. The highest BCUT2D eigenvalue weighted by molar-refractivity contribution is 6.04. The normalized spacial score (nSPS) is 17.3. The second kappa shape index (κ2) is 8.13. The molecule has 0 spiro atoms. The number of benzene rings is 2. The molecule has 8 nitrogen and oxygen atoms in total. The van der Waals surface area contributed by atoms with Crippen molar-refractivity contribution in [2.45, 2.75) is 12.5 Å². The van der Waals surface area contributed by atoms with Crippen molar-refractivity contribution in [2.75, 3.05) is 37.0 Å². The molecule has 2 aliphatic rings. The zero-order valence-electron chi connectivity index (χ0n) is 18.7. The molecule has 2 aliphatic heterocycles. The molecule has 0 aliphatic carbocycles. The molecule has 1 fully saturated rings. The molecule has 2 aromatic heterocycles. The Balaban J connectivity index is 1.70. The number of H-pyrrole nitrogens is 1. The van der Waals surface area contributed by atoms with Gasteiger partial charge in [0.1, 0.15) is 23.5 Å². The first-order chi connectivity index (χ1) is 17.4. The molecule has 0 radical (unpaired) electrons. The van der Waals surface area contributed by atoms with Gasteiger partial charge in [0, 0.05) is 29.8 Å². The first kappa shape index (κ1) is 22.2. The van der Waals surface area contributed by atoms with Gasteiger partial charge in [-0.2, -0.15) is 4.98 Å². The number of anilines is 2. The van der Waals surface area contributed by atoms with E-state index in [1.54, 1.807) is 0 Å².